The van der Waals surface area contributed by atoms with Crippen LogP contribution in [-0.4, -0.2) is 50.4 Å². The first-order chi connectivity index (χ1) is 21.7. The molecule has 45 heavy (non-hydrogen) atoms. The lowest BCUT2D eigenvalue weighted by atomic mass is 10.1. The van der Waals surface area contributed by atoms with E-state index in [4.69, 9.17) is 26.3 Å². The van der Waals surface area contributed by atoms with Gasteiger partial charge in [-0.2, -0.15) is 0 Å². The molecule has 0 radical (unpaired) electrons. The first-order valence-electron chi connectivity index (χ1n) is 14.4. The molecule has 0 bridgehead atoms. The highest BCUT2D eigenvalue weighted by molar-refractivity contribution is 7.86. The molecular formula is C32H31ClFN7O2S2. The number of anilines is 4. The van der Waals surface area contributed by atoms with Gasteiger partial charge in [0.25, 0.3) is 0 Å². The van der Waals surface area contributed by atoms with Crippen molar-refractivity contribution in [3.05, 3.63) is 88.4 Å². The van der Waals surface area contributed by atoms with E-state index in [2.05, 4.69) is 38.8 Å². The fourth-order valence-corrected chi connectivity index (χ4v) is 6.91. The van der Waals surface area contributed by atoms with Gasteiger partial charge in [-0.15, -0.1) is 11.3 Å². The second-order valence-electron chi connectivity index (χ2n) is 10.8. The van der Waals surface area contributed by atoms with Crippen LogP contribution >= 0.6 is 22.9 Å². The zero-order valence-corrected chi connectivity index (χ0v) is 27.3. The Morgan fingerprint density at radius 1 is 1.04 bits per heavy atom. The van der Waals surface area contributed by atoms with Crippen LogP contribution in [0.3, 0.4) is 0 Å². The van der Waals surface area contributed by atoms with Crippen LogP contribution in [0, 0.1) is 12.7 Å². The Morgan fingerprint density at radius 3 is 2.62 bits per heavy atom. The number of pyridine rings is 1. The number of aromatic nitrogens is 4. The summed E-state index contributed by atoms with van der Waals surface area (Å²) in [5.74, 6) is 0.906. The average molecular weight is 664 g/mol. The third kappa shape index (κ3) is 7.14. The van der Waals surface area contributed by atoms with E-state index in [9.17, 15) is 8.60 Å². The van der Waals surface area contributed by atoms with Gasteiger partial charge in [-0.1, -0.05) is 37.6 Å². The van der Waals surface area contributed by atoms with E-state index in [0.29, 0.717) is 36.1 Å². The molecule has 0 saturated carbocycles. The topological polar surface area (TPSA) is 105 Å². The van der Waals surface area contributed by atoms with Crippen molar-refractivity contribution in [3.63, 3.8) is 0 Å². The highest BCUT2D eigenvalue weighted by Crippen LogP contribution is 2.39. The molecule has 0 spiro atoms. The molecule has 1 aliphatic rings. The largest absolute Gasteiger partial charge is 0.378 e. The van der Waals surface area contributed by atoms with Crippen molar-refractivity contribution in [2.45, 2.75) is 31.6 Å². The number of aryl methyl sites for hydroxylation is 1. The number of ether oxygens (including phenoxy) is 1. The second-order valence-corrected chi connectivity index (χ2v) is 13.4. The summed E-state index contributed by atoms with van der Waals surface area (Å²) in [5.41, 5.74) is 4.24. The molecular weight excluding hydrogens is 633 g/mol. The number of nitrogens with zero attached hydrogens (tertiary/aromatic N) is 5. The zero-order valence-electron chi connectivity index (χ0n) is 24.9. The number of hydrogen-bond acceptors (Lipinski definition) is 9. The van der Waals surface area contributed by atoms with Crippen LogP contribution < -0.4 is 14.9 Å². The predicted molar refractivity (Wildman–Crippen MR) is 179 cm³/mol. The Hall–Kier alpha value is -3.97. The van der Waals surface area contributed by atoms with Gasteiger partial charge in [-0.3, -0.25) is 0 Å². The molecule has 1 saturated heterocycles. The maximum absolute atomic E-state index is 14.6. The number of thiazole rings is 1. The lowest BCUT2D eigenvalue weighted by molar-refractivity contribution is 0.122. The Labute approximate surface area is 272 Å². The number of benzene rings is 2. The first-order valence-corrected chi connectivity index (χ1v) is 16.7. The van der Waals surface area contributed by atoms with Crippen molar-refractivity contribution >= 4 is 57.1 Å². The number of hydrogen-bond donors (Lipinski definition) is 2. The summed E-state index contributed by atoms with van der Waals surface area (Å²) in [6.45, 7) is 8.96. The van der Waals surface area contributed by atoms with Gasteiger partial charge in [0, 0.05) is 41.5 Å². The molecule has 5 aromatic rings. The monoisotopic (exact) mass is 663 g/mol. The molecule has 4 heterocycles. The third-order valence-corrected chi connectivity index (χ3v) is 10.0. The Morgan fingerprint density at radius 2 is 1.87 bits per heavy atom. The van der Waals surface area contributed by atoms with Gasteiger partial charge < -0.3 is 19.7 Å². The standard InChI is InChI=1S/C32H31ClFN7O2S2/c1-19(2)31-39-29(21-5-4-6-22(16-21)40-45(42)27-15-20(3)24(33)17-25(27)34)30(44-31)26-9-10-35-32(38-26)37-23-7-8-28(36-18-23)41-11-13-43-14-12-41/h4-10,15-19,40H,11-14H2,1-3H3,(H,35,37,38). The van der Waals surface area contributed by atoms with E-state index < -0.39 is 16.8 Å². The second kappa shape index (κ2) is 13.6. The minimum Gasteiger partial charge on any atom is -0.378 e. The fourth-order valence-electron chi connectivity index (χ4n) is 4.73. The van der Waals surface area contributed by atoms with Crippen molar-refractivity contribution in [1.29, 1.82) is 0 Å². The summed E-state index contributed by atoms with van der Waals surface area (Å²) in [4.78, 5) is 21.9. The SMILES string of the molecule is Cc1cc(S(=O)Nc2cccc(-c3nc(C(C)C)sc3-c3ccnc(Nc4ccc(N5CCOCC5)nc4)n3)c2)c(F)cc1Cl. The molecule has 3 aromatic heterocycles. The summed E-state index contributed by atoms with van der Waals surface area (Å²) < 4.78 is 36.0. The minimum atomic E-state index is -1.84. The Kier molecular flexibility index (Phi) is 9.36. The van der Waals surface area contributed by atoms with Crippen LogP contribution in [0.4, 0.5) is 27.5 Å². The van der Waals surface area contributed by atoms with Crippen LogP contribution in [0.5, 0.6) is 0 Å². The van der Waals surface area contributed by atoms with Crippen LogP contribution in [0.15, 0.2) is 71.9 Å². The maximum atomic E-state index is 14.6. The summed E-state index contributed by atoms with van der Waals surface area (Å²) in [7, 11) is -1.84. The van der Waals surface area contributed by atoms with Gasteiger partial charge in [0.2, 0.25) is 5.95 Å². The molecule has 232 valence electrons. The van der Waals surface area contributed by atoms with Crippen LogP contribution in [0.2, 0.25) is 5.02 Å². The average Bonchev–Trinajstić information content (AvgIpc) is 3.50. The molecule has 0 aliphatic carbocycles. The minimum absolute atomic E-state index is 0.0331. The van der Waals surface area contributed by atoms with Crippen molar-refractivity contribution in [1.82, 2.24) is 19.9 Å². The molecule has 1 fully saturated rings. The van der Waals surface area contributed by atoms with Crippen molar-refractivity contribution in [2.24, 2.45) is 0 Å². The molecule has 0 amide bonds. The number of nitrogens with one attached hydrogen (secondary N) is 2. The molecule has 1 atom stereocenters. The highest BCUT2D eigenvalue weighted by atomic mass is 35.5. The molecule has 6 rings (SSSR count). The summed E-state index contributed by atoms with van der Waals surface area (Å²) >= 11 is 7.60. The van der Waals surface area contributed by atoms with E-state index in [-0.39, 0.29) is 15.8 Å². The van der Waals surface area contributed by atoms with Gasteiger partial charge in [0.05, 0.1) is 51.3 Å². The molecule has 2 N–H and O–H groups in total. The molecule has 1 unspecified atom stereocenters. The van der Waals surface area contributed by atoms with Crippen LogP contribution in [0.1, 0.15) is 30.3 Å². The van der Waals surface area contributed by atoms with Crippen molar-refractivity contribution in [3.8, 4) is 21.8 Å². The lowest BCUT2D eigenvalue weighted by Gasteiger charge is -2.27. The first kappa shape index (κ1) is 31.0. The van der Waals surface area contributed by atoms with Gasteiger partial charge in [0.15, 0.2) is 11.0 Å². The third-order valence-electron chi connectivity index (χ3n) is 7.12. The highest BCUT2D eigenvalue weighted by Gasteiger charge is 2.20. The Balaban J connectivity index is 1.26. The van der Waals surface area contributed by atoms with Gasteiger partial charge in [0.1, 0.15) is 11.6 Å². The molecule has 2 aromatic carbocycles. The smallest absolute Gasteiger partial charge is 0.227 e. The lowest BCUT2D eigenvalue weighted by Crippen LogP contribution is -2.36. The number of morpholine rings is 1. The van der Waals surface area contributed by atoms with Crippen molar-refractivity contribution in [2.75, 3.05) is 41.2 Å². The molecule has 13 heteroatoms. The van der Waals surface area contributed by atoms with E-state index >= 15 is 0 Å². The normalized spacial score (nSPS) is 14.0. The van der Waals surface area contributed by atoms with E-state index in [1.807, 2.05) is 36.4 Å². The number of halogens is 2. The van der Waals surface area contributed by atoms with Crippen molar-refractivity contribution < 1.29 is 13.3 Å². The summed E-state index contributed by atoms with van der Waals surface area (Å²) in [5, 5.41) is 4.51. The summed E-state index contributed by atoms with van der Waals surface area (Å²) in [6, 6.07) is 15.9. The fraction of sp³-hybridized carbons (Fsp3) is 0.250. The van der Waals surface area contributed by atoms with E-state index in [0.717, 1.165) is 45.7 Å². The molecule has 9 nitrogen and oxygen atoms in total. The van der Waals surface area contributed by atoms with Gasteiger partial charge in [-0.05, 0) is 55.0 Å². The van der Waals surface area contributed by atoms with Gasteiger partial charge in [-0.25, -0.2) is 28.5 Å². The number of rotatable bonds is 9. The Bertz CT molecular complexity index is 1850. The maximum Gasteiger partial charge on any atom is 0.227 e. The van der Waals surface area contributed by atoms with E-state index in [1.54, 1.807) is 36.7 Å². The van der Waals surface area contributed by atoms with Gasteiger partial charge >= 0.3 is 0 Å². The zero-order chi connectivity index (χ0) is 31.5. The predicted octanol–water partition coefficient (Wildman–Crippen LogP) is 7.60. The molecule has 1 aliphatic heterocycles. The quantitative estimate of drug-likeness (QED) is 0.166. The van der Waals surface area contributed by atoms with Crippen LogP contribution in [0.25, 0.3) is 21.8 Å². The van der Waals surface area contributed by atoms with E-state index in [1.165, 1.54) is 12.1 Å². The van der Waals surface area contributed by atoms with Crippen LogP contribution in [-0.2, 0) is 15.7 Å². The summed E-state index contributed by atoms with van der Waals surface area (Å²) in [6.07, 6.45) is 3.48.